The highest BCUT2D eigenvalue weighted by Crippen LogP contribution is 2.47. The van der Waals surface area contributed by atoms with Gasteiger partial charge in [-0.15, -0.1) is 0 Å². The molecule has 4 aliphatic rings. The number of unbranched alkanes of at least 4 members (excludes halogenated alkanes) is 1. The molecule has 4 atom stereocenters. The van der Waals surface area contributed by atoms with Crippen LogP contribution in [0.3, 0.4) is 0 Å². The number of ketones is 4. The number of carbonyl (C=O) groups excluding carboxylic acids is 4. The van der Waals surface area contributed by atoms with Crippen LogP contribution in [0, 0.1) is 5.92 Å². The minimum Gasteiger partial charge on any atom is -0.378 e. The Morgan fingerprint density at radius 1 is 0.597 bits per heavy atom. The van der Waals surface area contributed by atoms with Crippen LogP contribution in [0.5, 0.6) is 0 Å². The van der Waals surface area contributed by atoms with Gasteiger partial charge in [-0.1, -0.05) is 129 Å². The number of nitrogens with one attached hydrogen (secondary N) is 4. The minimum absolute atomic E-state index is 0.149. The first-order chi connectivity index (χ1) is 29.9. The average molecular weight is 828 g/mol. The molecule has 9 nitrogen and oxygen atoms in total. The number of Topliss-reactive ketones (excluding diaryl/α,β-unsaturated/α-hetero) is 4. The Morgan fingerprint density at radius 3 is 1.90 bits per heavy atom. The summed E-state index contributed by atoms with van der Waals surface area (Å²) in [5.74, 6) is -1.35. The number of carbonyl (C=O) groups is 4. The lowest BCUT2D eigenvalue weighted by molar-refractivity contribution is -0.127. The highest BCUT2D eigenvalue weighted by atomic mass is 16.2. The second-order valence-corrected chi connectivity index (χ2v) is 18.0. The zero-order valence-corrected chi connectivity index (χ0v) is 36.1. The predicted octanol–water partition coefficient (Wildman–Crippen LogP) is 7.19. The SMILES string of the molecule is CC(C)=CC[C@]1(Cc2ccccc2)NC=C([C@@]2(Cc3ccc4ccccc4c3)NC=C([C@]3(CCCCN)NC=C([C@@]4(C(C)C)NC=C(Cc5ccccc5)C4=O)C3=O)C2=O)C1=O. The van der Waals surface area contributed by atoms with Crippen LogP contribution in [0.25, 0.3) is 10.8 Å². The second-order valence-electron chi connectivity index (χ2n) is 18.0. The first-order valence-electron chi connectivity index (χ1n) is 21.9. The molecular weight excluding hydrogens is 771 g/mol. The normalized spacial score (nSPS) is 25.5. The highest BCUT2D eigenvalue weighted by molar-refractivity contribution is 6.25. The molecule has 0 aromatic heterocycles. The lowest BCUT2D eigenvalue weighted by Gasteiger charge is -2.37. The Bertz CT molecular complexity index is 2590. The molecule has 4 aliphatic heterocycles. The largest absolute Gasteiger partial charge is 0.378 e. The molecule has 0 saturated carbocycles. The van der Waals surface area contributed by atoms with Crippen molar-refractivity contribution in [2.24, 2.45) is 11.7 Å². The van der Waals surface area contributed by atoms with Gasteiger partial charge in [0.2, 0.25) is 0 Å². The van der Waals surface area contributed by atoms with Crippen LogP contribution in [0.2, 0.25) is 0 Å². The number of hydrogen-bond donors (Lipinski definition) is 5. The summed E-state index contributed by atoms with van der Waals surface area (Å²) < 4.78 is 0. The van der Waals surface area contributed by atoms with Crippen molar-refractivity contribution < 1.29 is 19.2 Å². The van der Waals surface area contributed by atoms with Gasteiger partial charge in [0, 0.05) is 66.4 Å². The van der Waals surface area contributed by atoms with E-state index in [1.165, 1.54) is 0 Å². The zero-order valence-electron chi connectivity index (χ0n) is 36.1. The number of hydrogen-bond acceptors (Lipinski definition) is 9. The average Bonchev–Trinajstić information content (AvgIpc) is 3.99. The van der Waals surface area contributed by atoms with Crippen molar-refractivity contribution in [3.8, 4) is 0 Å². The van der Waals surface area contributed by atoms with E-state index in [1.807, 2.05) is 125 Å². The van der Waals surface area contributed by atoms with Crippen LogP contribution in [-0.4, -0.2) is 51.8 Å². The molecule has 4 heterocycles. The van der Waals surface area contributed by atoms with E-state index in [0.717, 1.165) is 33.0 Å². The molecule has 0 saturated heterocycles. The molecule has 4 aromatic rings. The fourth-order valence-electron chi connectivity index (χ4n) is 9.93. The Hall–Kier alpha value is -6.32. The van der Waals surface area contributed by atoms with Crippen molar-refractivity contribution in [3.63, 3.8) is 0 Å². The van der Waals surface area contributed by atoms with Crippen molar-refractivity contribution in [2.75, 3.05) is 6.54 Å². The van der Waals surface area contributed by atoms with Gasteiger partial charge in [-0.05, 0) is 79.5 Å². The fraction of sp³-hybridized carbons (Fsp3) is 0.321. The maximum Gasteiger partial charge on any atom is 0.193 e. The molecule has 6 N–H and O–H groups in total. The third-order valence-corrected chi connectivity index (χ3v) is 13.4. The minimum atomic E-state index is -1.56. The van der Waals surface area contributed by atoms with Crippen molar-refractivity contribution in [3.05, 3.63) is 179 Å². The highest BCUT2D eigenvalue weighted by Gasteiger charge is 2.63. The molecular formula is C53H57N5O4. The summed E-state index contributed by atoms with van der Waals surface area (Å²) in [6, 6.07) is 33.9. The number of allylic oxidation sites excluding steroid dienone is 1. The quantitative estimate of drug-likeness (QED) is 0.0587. The summed E-state index contributed by atoms with van der Waals surface area (Å²) in [4.78, 5) is 61.4. The van der Waals surface area contributed by atoms with Crippen LogP contribution < -0.4 is 27.0 Å². The summed E-state index contributed by atoms with van der Waals surface area (Å²) in [6.07, 6.45) is 11.7. The van der Waals surface area contributed by atoms with Crippen molar-refractivity contribution in [2.45, 2.75) is 94.8 Å². The van der Waals surface area contributed by atoms with Gasteiger partial charge in [0.05, 0.1) is 0 Å². The fourth-order valence-corrected chi connectivity index (χ4v) is 9.93. The second kappa shape index (κ2) is 16.9. The molecule has 0 unspecified atom stereocenters. The molecule has 318 valence electrons. The Labute approximate surface area is 364 Å². The first kappa shape index (κ1) is 42.4. The van der Waals surface area contributed by atoms with Gasteiger partial charge in [0.25, 0.3) is 0 Å². The van der Waals surface area contributed by atoms with E-state index < -0.39 is 22.2 Å². The summed E-state index contributed by atoms with van der Waals surface area (Å²) in [5.41, 5.74) is 5.87. The summed E-state index contributed by atoms with van der Waals surface area (Å²) >= 11 is 0. The summed E-state index contributed by atoms with van der Waals surface area (Å²) in [5, 5.41) is 15.9. The van der Waals surface area contributed by atoms with Crippen molar-refractivity contribution >= 4 is 33.9 Å². The summed E-state index contributed by atoms with van der Waals surface area (Å²) in [7, 11) is 0. The third kappa shape index (κ3) is 7.22. The van der Waals surface area contributed by atoms with Gasteiger partial charge < -0.3 is 27.0 Å². The van der Waals surface area contributed by atoms with Crippen molar-refractivity contribution in [1.82, 2.24) is 21.3 Å². The topological polar surface area (TPSA) is 142 Å². The van der Waals surface area contributed by atoms with Gasteiger partial charge in [-0.25, -0.2) is 0 Å². The monoisotopic (exact) mass is 827 g/mol. The molecule has 9 heteroatoms. The van der Waals surface area contributed by atoms with Crippen LogP contribution in [0.1, 0.15) is 70.1 Å². The zero-order chi connectivity index (χ0) is 43.7. The molecule has 62 heavy (non-hydrogen) atoms. The van der Waals surface area contributed by atoms with Crippen molar-refractivity contribution in [1.29, 1.82) is 0 Å². The number of fused-ring (bicyclic) bond motifs is 1. The maximum absolute atomic E-state index is 15.9. The first-order valence-corrected chi connectivity index (χ1v) is 21.9. The van der Waals surface area contributed by atoms with Crippen LogP contribution >= 0.6 is 0 Å². The molecule has 0 bridgehead atoms. The van der Waals surface area contributed by atoms with Gasteiger partial charge >= 0.3 is 0 Å². The molecule has 0 radical (unpaired) electrons. The van der Waals surface area contributed by atoms with Gasteiger partial charge in [-0.3, -0.25) is 19.2 Å². The van der Waals surface area contributed by atoms with E-state index in [2.05, 4.69) is 33.4 Å². The van der Waals surface area contributed by atoms with Crippen LogP contribution in [-0.2, 0) is 38.4 Å². The van der Waals surface area contributed by atoms with Gasteiger partial charge in [0.15, 0.2) is 23.1 Å². The van der Waals surface area contributed by atoms with Gasteiger partial charge in [-0.2, -0.15) is 0 Å². The van der Waals surface area contributed by atoms with E-state index in [1.54, 1.807) is 24.8 Å². The smallest absolute Gasteiger partial charge is 0.193 e. The van der Waals surface area contributed by atoms with Gasteiger partial charge in [0.1, 0.15) is 22.2 Å². The molecule has 4 aromatic carbocycles. The van der Waals surface area contributed by atoms with E-state index >= 15 is 14.4 Å². The lowest BCUT2D eigenvalue weighted by Crippen LogP contribution is -2.59. The van der Waals surface area contributed by atoms with E-state index in [-0.39, 0.29) is 53.0 Å². The number of nitrogens with two attached hydrogens (primary N) is 1. The number of rotatable bonds is 16. The van der Waals surface area contributed by atoms with Crippen LogP contribution in [0.15, 0.2) is 162 Å². The predicted molar refractivity (Wildman–Crippen MR) is 246 cm³/mol. The molecule has 0 aliphatic carbocycles. The molecule has 0 spiro atoms. The molecule has 0 fully saturated rings. The maximum atomic E-state index is 15.9. The van der Waals surface area contributed by atoms with Crippen LogP contribution in [0.4, 0.5) is 0 Å². The standard InChI is InChI=1S/C53H57N5O4/c1-35(2)23-25-50(29-38-17-9-6-10-18-38)47(60)43(32-55-50)52(30-39-21-22-40-19-11-12-20-41(40)28-39)48(61)44(33-57-52)51(24-13-14-26-54)49(62)45(34-56-51)53(36(3)4)46(59)42(31-58-53)27-37-15-7-5-8-16-37/h5-12,15-23,28,31-34,36,55-58H,13-14,24-27,29-30,54H2,1-4H3/t50-,51+,52-,53-/m1/s1. The Morgan fingerprint density at radius 2 is 1.21 bits per heavy atom. The third-order valence-electron chi connectivity index (χ3n) is 13.4. The Kier molecular flexibility index (Phi) is 11.5. The molecule has 8 rings (SSSR count). The lowest BCUT2D eigenvalue weighted by atomic mass is 9.68. The van der Waals surface area contributed by atoms with E-state index in [4.69, 9.17) is 5.73 Å². The number of benzene rings is 4. The Balaban J connectivity index is 1.19. The van der Waals surface area contributed by atoms with E-state index in [9.17, 15) is 4.79 Å². The summed E-state index contributed by atoms with van der Waals surface area (Å²) in [6.45, 7) is 8.31. The molecule has 0 amide bonds. The van der Waals surface area contributed by atoms with E-state index in [0.29, 0.717) is 49.8 Å².